The molecule has 0 aliphatic heterocycles. The van der Waals surface area contributed by atoms with Crippen LogP contribution in [0.2, 0.25) is 0 Å². The summed E-state index contributed by atoms with van der Waals surface area (Å²) in [5.41, 5.74) is 5.88. The molecule has 1 atom stereocenters. The SMILES string of the molecule is CN(C)CC1CCc2cc(Nc3ncc(C(=O)NC4CC4)c(Nc4ccnc(C(C)(C)C)c4)n3)ccc2C1.I.[HH]. The molecule has 0 radical (unpaired) electrons. The monoisotopic (exact) mass is 643 g/mol. The molecule has 5 rings (SSSR count). The van der Waals surface area contributed by atoms with Crippen molar-refractivity contribution in [1.82, 2.24) is 25.2 Å². The second-order valence-corrected chi connectivity index (χ2v) is 12.0. The van der Waals surface area contributed by atoms with Crippen LogP contribution >= 0.6 is 24.0 Å². The first-order chi connectivity index (χ1) is 18.1. The number of nitrogens with one attached hydrogen (secondary N) is 3. The molecule has 2 aromatic heterocycles. The van der Waals surface area contributed by atoms with Gasteiger partial charge in [-0.25, -0.2) is 4.98 Å². The number of halogens is 1. The highest BCUT2D eigenvalue weighted by Crippen LogP contribution is 2.30. The van der Waals surface area contributed by atoms with Gasteiger partial charge in [0.25, 0.3) is 5.91 Å². The molecular weight excluding hydrogens is 601 g/mol. The van der Waals surface area contributed by atoms with E-state index >= 15 is 0 Å². The molecule has 8 nitrogen and oxygen atoms in total. The fourth-order valence-electron chi connectivity index (χ4n) is 4.96. The third-order valence-electron chi connectivity index (χ3n) is 7.15. The van der Waals surface area contributed by atoms with Gasteiger partial charge in [-0.2, -0.15) is 4.98 Å². The topological polar surface area (TPSA) is 95.1 Å². The van der Waals surface area contributed by atoms with E-state index in [1.165, 1.54) is 17.5 Å². The standard InChI is InChI=1S/C30H39N7O.HI.H2/c1-30(2,3)26-16-24(12-13-31-26)33-27-25(28(38)34-22-10-11-22)17-32-29(36-27)35-23-9-8-20-14-19(18-37(4)5)6-7-21(20)15-23;;/h8-9,12-13,15-17,19,22H,6-7,10-11,14,18H2,1-5H3,(H,34,38)(H2,31,32,33,35,36);2*1H. The molecule has 1 saturated carbocycles. The molecule has 210 valence electrons. The van der Waals surface area contributed by atoms with Crippen LogP contribution in [0.5, 0.6) is 0 Å². The molecule has 0 bridgehead atoms. The van der Waals surface area contributed by atoms with Crippen molar-refractivity contribution in [3.63, 3.8) is 0 Å². The number of hydrogen-bond donors (Lipinski definition) is 3. The summed E-state index contributed by atoms with van der Waals surface area (Å²) < 4.78 is 0. The van der Waals surface area contributed by atoms with Crippen LogP contribution in [0.25, 0.3) is 0 Å². The normalized spacial score (nSPS) is 16.7. The van der Waals surface area contributed by atoms with Crippen molar-refractivity contribution in [1.29, 1.82) is 0 Å². The van der Waals surface area contributed by atoms with Gasteiger partial charge in [0.1, 0.15) is 11.4 Å². The third-order valence-corrected chi connectivity index (χ3v) is 7.15. The molecular formula is C30H42IN7O. The minimum absolute atomic E-state index is 0. The Balaban J connectivity index is 0.00000220. The van der Waals surface area contributed by atoms with Crippen LogP contribution in [0.4, 0.5) is 23.1 Å². The predicted molar refractivity (Wildman–Crippen MR) is 170 cm³/mol. The first-order valence-electron chi connectivity index (χ1n) is 13.6. The van der Waals surface area contributed by atoms with Crippen LogP contribution < -0.4 is 16.0 Å². The number of anilines is 4. The summed E-state index contributed by atoms with van der Waals surface area (Å²) in [4.78, 5) is 29.0. The number of carbonyl (C=O) groups is 1. The van der Waals surface area contributed by atoms with Gasteiger partial charge in [0, 0.05) is 48.9 Å². The van der Waals surface area contributed by atoms with Gasteiger partial charge in [-0.1, -0.05) is 26.8 Å². The fourth-order valence-corrected chi connectivity index (χ4v) is 4.96. The quantitative estimate of drug-likeness (QED) is 0.256. The summed E-state index contributed by atoms with van der Waals surface area (Å²) in [6, 6.07) is 10.7. The van der Waals surface area contributed by atoms with E-state index in [-0.39, 0.29) is 42.8 Å². The van der Waals surface area contributed by atoms with E-state index in [9.17, 15) is 4.79 Å². The lowest BCUT2D eigenvalue weighted by molar-refractivity contribution is 0.0951. The summed E-state index contributed by atoms with van der Waals surface area (Å²) in [5.74, 6) is 1.46. The summed E-state index contributed by atoms with van der Waals surface area (Å²) >= 11 is 0. The van der Waals surface area contributed by atoms with E-state index in [1.54, 1.807) is 12.4 Å². The van der Waals surface area contributed by atoms with Gasteiger partial charge in [-0.05, 0) is 87.5 Å². The second-order valence-electron chi connectivity index (χ2n) is 12.0. The largest absolute Gasteiger partial charge is 0.349 e. The van der Waals surface area contributed by atoms with Crippen molar-refractivity contribution in [2.24, 2.45) is 5.92 Å². The van der Waals surface area contributed by atoms with Crippen molar-refractivity contribution in [3.05, 3.63) is 65.1 Å². The second kappa shape index (κ2) is 12.2. The molecule has 2 aliphatic rings. The molecule has 1 amide bonds. The van der Waals surface area contributed by atoms with Gasteiger partial charge in [0.15, 0.2) is 0 Å². The summed E-state index contributed by atoms with van der Waals surface area (Å²) in [6.45, 7) is 7.50. The number of pyridine rings is 1. The number of hydrogen-bond acceptors (Lipinski definition) is 7. The van der Waals surface area contributed by atoms with Crippen molar-refractivity contribution in [2.75, 3.05) is 31.3 Å². The molecule has 39 heavy (non-hydrogen) atoms. The van der Waals surface area contributed by atoms with E-state index in [0.717, 1.165) is 49.3 Å². The van der Waals surface area contributed by atoms with Gasteiger partial charge in [-0.15, -0.1) is 24.0 Å². The van der Waals surface area contributed by atoms with Gasteiger partial charge in [0.05, 0.1) is 0 Å². The Morgan fingerprint density at radius 1 is 1.03 bits per heavy atom. The molecule has 1 fully saturated rings. The Kier molecular flexibility index (Phi) is 9.10. The maximum absolute atomic E-state index is 13.0. The predicted octanol–water partition coefficient (Wildman–Crippen LogP) is 6.08. The number of rotatable bonds is 8. The van der Waals surface area contributed by atoms with Gasteiger partial charge in [-0.3, -0.25) is 9.78 Å². The molecule has 0 spiro atoms. The molecule has 3 aromatic rings. The molecule has 1 aromatic carbocycles. The first kappa shape index (κ1) is 29.2. The Bertz CT molecular complexity index is 1320. The maximum Gasteiger partial charge on any atom is 0.256 e. The lowest BCUT2D eigenvalue weighted by Crippen LogP contribution is -2.27. The van der Waals surface area contributed by atoms with Gasteiger partial charge in [0.2, 0.25) is 5.95 Å². The Labute approximate surface area is 250 Å². The smallest absolute Gasteiger partial charge is 0.256 e. The number of nitrogens with zero attached hydrogens (tertiary/aromatic N) is 4. The highest BCUT2D eigenvalue weighted by atomic mass is 127. The minimum atomic E-state index is -0.160. The lowest BCUT2D eigenvalue weighted by Gasteiger charge is -2.27. The first-order valence-corrected chi connectivity index (χ1v) is 13.6. The number of carbonyl (C=O) groups excluding carboxylic acids is 1. The fraction of sp³-hybridized carbons (Fsp3) is 0.467. The number of amides is 1. The van der Waals surface area contributed by atoms with Crippen LogP contribution in [0.15, 0.2) is 42.7 Å². The van der Waals surface area contributed by atoms with E-state index < -0.39 is 0 Å². The minimum Gasteiger partial charge on any atom is -0.349 e. The third kappa shape index (κ3) is 7.66. The van der Waals surface area contributed by atoms with Gasteiger partial charge >= 0.3 is 0 Å². The van der Waals surface area contributed by atoms with Crippen LogP contribution in [-0.2, 0) is 18.3 Å². The zero-order valence-corrected chi connectivity index (χ0v) is 25.9. The van der Waals surface area contributed by atoms with Crippen molar-refractivity contribution < 1.29 is 6.22 Å². The molecule has 3 N–H and O–H groups in total. The highest BCUT2D eigenvalue weighted by molar-refractivity contribution is 14.0. The highest BCUT2D eigenvalue weighted by Gasteiger charge is 2.26. The Morgan fingerprint density at radius 2 is 1.79 bits per heavy atom. The molecule has 2 aliphatic carbocycles. The Morgan fingerprint density at radius 3 is 2.51 bits per heavy atom. The van der Waals surface area contributed by atoms with Gasteiger partial charge < -0.3 is 20.9 Å². The number of aromatic nitrogens is 3. The molecule has 9 heteroatoms. The van der Waals surface area contributed by atoms with Crippen LogP contribution in [0.3, 0.4) is 0 Å². The Hall–Kier alpha value is -2.79. The van der Waals surface area contributed by atoms with Crippen molar-refractivity contribution in [2.45, 2.75) is 64.3 Å². The summed E-state index contributed by atoms with van der Waals surface area (Å²) in [7, 11) is 4.29. The van der Waals surface area contributed by atoms with E-state index in [4.69, 9.17) is 4.98 Å². The zero-order chi connectivity index (χ0) is 26.9. The number of aryl methyl sites for hydroxylation is 1. The zero-order valence-electron chi connectivity index (χ0n) is 23.5. The average molecular weight is 644 g/mol. The maximum atomic E-state index is 13.0. The van der Waals surface area contributed by atoms with Crippen molar-refractivity contribution in [3.8, 4) is 0 Å². The number of benzene rings is 1. The van der Waals surface area contributed by atoms with E-state index in [2.05, 4.69) is 83.9 Å². The summed E-state index contributed by atoms with van der Waals surface area (Å²) in [5, 5.41) is 9.78. The van der Waals surface area contributed by atoms with Crippen LogP contribution in [0.1, 0.15) is 68.6 Å². The van der Waals surface area contributed by atoms with Crippen LogP contribution in [0, 0.1) is 5.92 Å². The molecule has 0 saturated heterocycles. The molecule has 2 heterocycles. The van der Waals surface area contributed by atoms with Crippen LogP contribution in [-0.4, -0.2) is 52.4 Å². The van der Waals surface area contributed by atoms with E-state index in [0.29, 0.717) is 23.2 Å². The van der Waals surface area contributed by atoms with E-state index in [1.807, 2.05) is 12.1 Å². The lowest BCUT2D eigenvalue weighted by atomic mass is 9.83. The molecule has 1 unspecified atom stereocenters. The number of fused-ring (bicyclic) bond motifs is 1. The summed E-state index contributed by atoms with van der Waals surface area (Å²) in [6.07, 6.45) is 8.81. The average Bonchev–Trinajstić information content (AvgIpc) is 3.67. The van der Waals surface area contributed by atoms with Crippen molar-refractivity contribution >= 4 is 53.0 Å².